The fourth-order valence-corrected chi connectivity index (χ4v) is 9.40. The molecule has 0 saturated carbocycles. The molecule has 12 rings (SSSR count). The van der Waals surface area contributed by atoms with E-state index >= 15 is 0 Å². The molecular weight excluding hydrogens is 741 g/mol. The highest BCUT2D eigenvalue weighted by molar-refractivity contribution is 6.27. The molecule has 0 N–H and O–H groups in total. The third-order valence-electron chi connectivity index (χ3n) is 12.2. The summed E-state index contributed by atoms with van der Waals surface area (Å²) in [5, 5.41) is 6.99. The van der Waals surface area contributed by atoms with Crippen molar-refractivity contribution >= 4 is 71.6 Å². The second kappa shape index (κ2) is 14.3. The SMILES string of the molecule is c1ccc(-c2ccc(N(c3ccc(-c4ccccc4)cc3)c3ccc(-c4cccc5c6ccccc6n(-c6ccccc6)c45)c4c3oc3ccc5ccccc5c34)cc2)cc1. The summed E-state index contributed by atoms with van der Waals surface area (Å²) in [6.45, 7) is 0. The lowest BCUT2D eigenvalue weighted by Gasteiger charge is -2.26. The quantitative estimate of drug-likeness (QED) is 0.161. The van der Waals surface area contributed by atoms with E-state index in [1.165, 1.54) is 54.8 Å². The van der Waals surface area contributed by atoms with Crippen molar-refractivity contribution in [1.82, 2.24) is 4.57 Å². The highest BCUT2D eigenvalue weighted by atomic mass is 16.3. The first kappa shape index (κ1) is 34.9. The molecule has 0 spiro atoms. The molecule has 0 fully saturated rings. The Morgan fingerprint density at radius 1 is 0.361 bits per heavy atom. The Hall–Kier alpha value is -8.14. The number of hydrogen-bond acceptors (Lipinski definition) is 2. The van der Waals surface area contributed by atoms with Crippen LogP contribution >= 0.6 is 0 Å². The zero-order valence-corrected chi connectivity index (χ0v) is 33.2. The standard InChI is InChI=1S/C58H38N2O/c1-4-15-39(16-5-1)41-27-32-45(33-28-41)59(46-34-29-42(30-35-46)40-17-6-2-7-18-40)53-37-36-49(56-55-47-22-11-10-19-43(47)31-38-54(55)61-58(53)56)51-25-14-24-50-48-23-12-13-26-52(48)60(57(50)51)44-20-8-3-9-21-44/h1-38H. The number of benzene rings is 10. The fourth-order valence-electron chi connectivity index (χ4n) is 9.40. The molecule has 10 aromatic carbocycles. The van der Waals surface area contributed by atoms with Gasteiger partial charge in [0.2, 0.25) is 0 Å². The molecule has 2 heterocycles. The number of anilines is 3. The van der Waals surface area contributed by atoms with E-state index in [2.05, 4.69) is 240 Å². The van der Waals surface area contributed by atoms with Crippen LogP contribution in [0.4, 0.5) is 17.1 Å². The summed E-state index contributed by atoms with van der Waals surface area (Å²) in [5.41, 5.74) is 15.2. The zero-order chi connectivity index (χ0) is 40.3. The van der Waals surface area contributed by atoms with Crippen LogP contribution < -0.4 is 4.90 Å². The molecule has 3 nitrogen and oxygen atoms in total. The number of nitrogens with zero attached hydrogens (tertiary/aromatic N) is 2. The molecule has 0 aliphatic heterocycles. The third kappa shape index (κ3) is 5.74. The van der Waals surface area contributed by atoms with Crippen LogP contribution in [-0.2, 0) is 0 Å². The number of para-hydroxylation sites is 3. The molecule has 0 atom stereocenters. The molecule has 0 unspecified atom stereocenters. The van der Waals surface area contributed by atoms with Gasteiger partial charge in [-0.05, 0) is 93.2 Å². The van der Waals surface area contributed by atoms with Crippen LogP contribution in [0.15, 0.2) is 235 Å². The van der Waals surface area contributed by atoms with Crippen LogP contribution in [0, 0.1) is 0 Å². The van der Waals surface area contributed by atoms with Crippen molar-refractivity contribution in [2.24, 2.45) is 0 Å². The molecular formula is C58H38N2O. The molecule has 3 heteroatoms. The lowest BCUT2D eigenvalue weighted by atomic mass is 9.94. The molecule has 0 bridgehead atoms. The maximum atomic E-state index is 7.20. The maximum absolute atomic E-state index is 7.20. The Bertz CT molecular complexity index is 3470. The first-order valence-electron chi connectivity index (χ1n) is 20.8. The van der Waals surface area contributed by atoms with Crippen LogP contribution in [0.25, 0.3) is 93.6 Å². The smallest absolute Gasteiger partial charge is 0.160 e. The van der Waals surface area contributed by atoms with E-state index in [0.717, 1.165) is 55.8 Å². The summed E-state index contributed by atoms with van der Waals surface area (Å²) in [7, 11) is 0. The van der Waals surface area contributed by atoms with E-state index < -0.39 is 0 Å². The van der Waals surface area contributed by atoms with Crippen molar-refractivity contribution in [2.45, 2.75) is 0 Å². The summed E-state index contributed by atoms with van der Waals surface area (Å²) >= 11 is 0. The average molecular weight is 779 g/mol. The lowest BCUT2D eigenvalue weighted by molar-refractivity contribution is 0.669. The number of rotatable bonds is 7. The maximum Gasteiger partial charge on any atom is 0.160 e. The van der Waals surface area contributed by atoms with E-state index in [-0.39, 0.29) is 0 Å². The van der Waals surface area contributed by atoms with Crippen LogP contribution in [0.2, 0.25) is 0 Å². The molecule has 0 radical (unpaired) electrons. The molecule has 286 valence electrons. The van der Waals surface area contributed by atoms with Gasteiger partial charge in [0, 0.05) is 44.2 Å². The van der Waals surface area contributed by atoms with Gasteiger partial charge in [0.1, 0.15) is 5.58 Å². The Morgan fingerprint density at radius 3 is 1.59 bits per heavy atom. The topological polar surface area (TPSA) is 21.3 Å². The molecule has 0 aliphatic rings. The second-order valence-corrected chi connectivity index (χ2v) is 15.6. The Labute approximate surface area is 353 Å². The minimum Gasteiger partial charge on any atom is -0.454 e. The highest BCUT2D eigenvalue weighted by Gasteiger charge is 2.25. The second-order valence-electron chi connectivity index (χ2n) is 15.6. The van der Waals surface area contributed by atoms with Gasteiger partial charge < -0.3 is 13.9 Å². The summed E-state index contributed by atoms with van der Waals surface area (Å²) < 4.78 is 9.63. The summed E-state index contributed by atoms with van der Waals surface area (Å²) in [5.74, 6) is 0. The Balaban J connectivity index is 1.15. The molecule has 12 aromatic rings. The van der Waals surface area contributed by atoms with E-state index in [4.69, 9.17) is 4.42 Å². The van der Waals surface area contributed by atoms with Gasteiger partial charge in [-0.15, -0.1) is 0 Å². The van der Waals surface area contributed by atoms with Crippen molar-refractivity contribution in [2.75, 3.05) is 4.90 Å². The first-order valence-corrected chi connectivity index (χ1v) is 20.8. The molecule has 2 aromatic heterocycles. The van der Waals surface area contributed by atoms with Gasteiger partial charge in [-0.3, -0.25) is 0 Å². The van der Waals surface area contributed by atoms with E-state index in [0.29, 0.717) is 0 Å². The largest absolute Gasteiger partial charge is 0.454 e. The predicted octanol–water partition coefficient (Wildman–Crippen LogP) is 16.3. The van der Waals surface area contributed by atoms with Gasteiger partial charge in [0.05, 0.1) is 16.7 Å². The van der Waals surface area contributed by atoms with E-state index in [9.17, 15) is 0 Å². The van der Waals surface area contributed by atoms with Gasteiger partial charge in [0.15, 0.2) is 5.58 Å². The monoisotopic (exact) mass is 778 g/mol. The van der Waals surface area contributed by atoms with Crippen molar-refractivity contribution in [1.29, 1.82) is 0 Å². The fraction of sp³-hybridized carbons (Fsp3) is 0. The minimum absolute atomic E-state index is 0.836. The van der Waals surface area contributed by atoms with Crippen LogP contribution in [0.3, 0.4) is 0 Å². The molecule has 0 aliphatic carbocycles. The highest BCUT2D eigenvalue weighted by Crippen LogP contribution is 2.49. The van der Waals surface area contributed by atoms with Crippen molar-refractivity contribution in [3.05, 3.63) is 231 Å². The third-order valence-corrected chi connectivity index (χ3v) is 12.2. The van der Waals surface area contributed by atoms with Gasteiger partial charge >= 0.3 is 0 Å². The van der Waals surface area contributed by atoms with E-state index in [1.54, 1.807) is 0 Å². The van der Waals surface area contributed by atoms with Crippen LogP contribution in [0.5, 0.6) is 0 Å². The minimum atomic E-state index is 0.836. The zero-order valence-electron chi connectivity index (χ0n) is 33.2. The Kier molecular flexibility index (Phi) is 8.17. The predicted molar refractivity (Wildman–Crippen MR) is 257 cm³/mol. The lowest BCUT2D eigenvalue weighted by Crippen LogP contribution is -2.10. The Morgan fingerprint density at radius 2 is 0.918 bits per heavy atom. The van der Waals surface area contributed by atoms with Crippen LogP contribution in [0.1, 0.15) is 0 Å². The van der Waals surface area contributed by atoms with Gasteiger partial charge in [-0.2, -0.15) is 0 Å². The molecule has 0 amide bonds. The van der Waals surface area contributed by atoms with Crippen molar-refractivity contribution in [3.63, 3.8) is 0 Å². The van der Waals surface area contributed by atoms with Crippen molar-refractivity contribution in [3.8, 4) is 39.1 Å². The average Bonchev–Trinajstić information content (AvgIpc) is 3.91. The van der Waals surface area contributed by atoms with Gasteiger partial charge in [-0.1, -0.05) is 176 Å². The summed E-state index contributed by atoms with van der Waals surface area (Å²) in [6, 6.07) is 82.7. The number of fused-ring (bicyclic) bond motifs is 8. The van der Waals surface area contributed by atoms with Gasteiger partial charge in [-0.25, -0.2) is 0 Å². The number of furan rings is 1. The van der Waals surface area contributed by atoms with E-state index in [1.807, 2.05) is 0 Å². The van der Waals surface area contributed by atoms with Crippen LogP contribution in [-0.4, -0.2) is 4.57 Å². The summed E-state index contributed by atoms with van der Waals surface area (Å²) in [6.07, 6.45) is 0. The van der Waals surface area contributed by atoms with Crippen molar-refractivity contribution < 1.29 is 4.42 Å². The molecule has 61 heavy (non-hydrogen) atoms. The normalized spacial score (nSPS) is 11.6. The molecule has 0 saturated heterocycles. The summed E-state index contributed by atoms with van der Waals surface area (Å²) in [4.78, 5) is 2.35. The van der Waals surface area contributed by atoms with Gasteiger partial charge in [0.25, 0.3) is 0 Å². The number of hydrogen-bond donors (Lipinski definition) is 0. The number of aromatic nitrogens is 1. The first-order chi connectivity index (χ1) is 30.3.